The van der Waals surface area contributed by atoms with Gasteiger partial charge in [0, 0.05) is 23.1 Å². The molecule has 0 saturated heterocycles. The van der Waals surface area contributed by atoms with Crippen molar-refractivity contribution in [2.75, 3.05) is 28.4 Å². The van der Waals surface area contributed by atoms with Crippen LogP contribution in [0, 0.1) is 0 Å². The van der Waals surface area contributed by atoms with E-state index in [4.69, 9.17) is 28.8 Å². The van der Waals surface area contributed by atoms with Gasteiger partial charge in [-0.05, 0) is 48.5 Å². The molecule has 0 radical (unpaired) electrons. The van der Waals surface area contributed by atoms with Crippen molar-refractivity contribution in [2.24, 2.45) is 5.10 Å². The number of nitrogens with zero attached hydrogens (tertiary/aromatic N) is 2. The molecule has 0 saturated carbocycles. The van der Waals surface area contributed by atoms with Gasteiger partial charge in [0.05, 0.1) is 40.2 Å². The maximum atomic E-state index is 6.50. The van der Waals surface area contributed by atoms with Crippen LogP contribution in [0.5, 0.6) is 28.7 Å². The lowest BCUT2D eigenvalue weighted by Crippen LogP contribution is -2.33. The monoisotopic (exact) mass is 446 g/mol. The SMILES string of the molecule is COc1ccc([C@@H]2Oc3c(OC)cccc3[C@@H]3CC(c4ccc(OC)c(OC)c4)=NN32)cc1. The Hall–Kier alpha value is -3.87. The first-order valence-electron chi connectivity index (χ1n) is 10.7. The number of rotatable bonds is 6. The van der Waals surface area contributed by atoms with Crippen LogP contribution in [0.4, 0.5) is 0 Å². The topological polar surface area (TPSA) is 61.8 Å². The lowest BCUT2D eigenvalue weighted by molar-refractivity contribution is -0.0209. The molecule has 7 nitrogen and oxygen atoms in total. The first kappa shape index (κ1) is 21.0. The highest BCUT2D eigenvalue weighted by Crippen LogP contribution is 2.51. The summed E-state index contributed by atoms with van der Waals surface area (Å²) in [5.74, 6) is 3.62. The minimum absolute atomic E-state index is 0.0130. The van der Waals surface area contributed by atoms with E-state index < -0.39 is 6.23 Å². The van der Waals surface area contributed by atoms with E-state index in [-0.39, 0.29) is 6.04 Å². The van der Waals surface area contributed by atoms with Gasteiger partial charge in [-0.3, -0.25) is 0 Å². The van der Waals surface area contributed by atoms with Crippen LogP contribution >= 0.6 is 0 Å². The molecule has 2 atom stereocenters. The smallest absolute Gasteiger partial charge is 0.214 e. The van der Waals surface area contributed by atoms with E-state index in [1.807, 2.05) is 59.6 Å². The van der Waals surface area contributed by atoms with Crippen molar-refractivity contribution in [1.29, 1.82) is 0 Å². The fraction of sp³-hybridized carbons (Fsp3) is 0.269. The molecule has 0 bridgehead atoms. The molecule has 2 aliphatic rings. The maximum absolute atomic E-state index is 6.50. The second kappa shape index (κ2) is 8.58. The molecule has 0 amide bonds. The second-order valence-corrected chi connectivity index (χ2v) is 7.84. The molecule has 2 heterocycles. The van der Waals surface area contributed by atoms with Gasteiger partial charge in [-0.15, -0.1) is 0 Å². The molecule has 0 spiro atoms. The molecular formula is C26H26N2O5. The summed E-state index contributed by atoms with van der Waals surface area (Å²) in [7, 11) is 6.58. The van der Waals surface area contributed by atoms with Crippen molar-refractivity contribution in [3.63, 3.8) is 0 Å². The molecular weight excluding hydrogens is 420 g/mol. The zero-order valence-electron chi connectivity index (χ0n) is 19.1. The predicted octanol–water partition coefficient (Wildman–Crippen LogP) is 4.96. The number of hydrazone groups is 1. The van der Waals surface area contributed by atoms with E-state index in [0.29, 0.717) is 17.2 Å². The van der Waals surface area contributed by atoms with Crippen LogP contribution in [-0.2, 0) is 0 Å². The van der Waals surface area contributed by atoms with Gasteiger partial charge in [0.1, 0.15) is 5.75 Å². The average molecular weight is 447 g/mol. The Morgan fingerprint density at radius 2 is 1.58 bits per heavy atom. The van der Waals surface area contributed by atoms with E-state index in [1.54, 1.807) is 28.4 Å². The van der Waals surface area contributed by atoms with Gasteiger partial charge in [-0.2, -0.15) is 5.10 Å². The maximum Gasteiger partial charge on any atom is 0.214 e. The van der Waals surface area contributed by atoms with E-state index in [9.17, 15) is 0 Å². The zero-order valence-corrected chi connectivity index (χ0v) is 19.1. The van der Waals surface area contributed by atoms with Gasteiger partial charge < -0.3 is 23.7 Å². The Balaban J connectivity index is 1.58. The number of benzene rings is 3. The number of para-hydroxylation sites is 1. The van der Waals surface area contributed by atoms with E-state index in [1.165, 1.54) is 0 Å². The second-order valence-electron chi connectivity index (χ2n) is 7.84. The lowest BCUT2D eigenvalue weighted by atomic mass is 9.95. The third kappa shape index (κ3) is 3.59. The van der Waals surface area contributed by atoms with Crippen molar-refractivity contribution >= 4 is 5.71 Å². The third-order valence-corrected chi connectivity index (χ3v) is 6.12. The number of hydrogen-bond acceptors (Lipinski definition) is 7. The highest BCUT2D eigenvalue weighted by molar-refractivity contribution is 6.02. The molecule has 2 aliphatic heterocycles. The van der Waals surface area contributed by atoms with Crippen LogP contribution in [0.25, 0.3) is 0 Å². The normalized spacial score (nSPS) is 18.5. The first-order valence-corrected chi connectivity index (χ1v) is 10.7. The van der Waals surface area contributed by atoms with Crippen LogP contribution < -0.4 is 23.7 Å². The van der Waals surface area contributed by atoms with Crippen LogP contribution in [0.2, 0.25) is 0 Å². The summed E-state index contributed by atoms with van der Waals surface area (Å²) in [5.41, 5.74) is 3.98. The molecule has 0 aliphatic carbocycles. The van der Waals surface area contributed by atoms with Crippen molar-refractivity contribution in [3.05, 3.63) is 77.4 Å². The fourth-order valence-corrected chi connectivity index (χ4v) is 4.42. The van der Waals surface area contributed by atoms with E-state index in [0.717, 1.165) is 40.3 Å². The molecule has 5 rings (SSSR count). The molecule has 33 heavy (non-hydrogen) atoms. The number of fused-ring (bicyclic) bond motifs is 3. The van der Waals surface area contributed by atoms with Gasteiger partial charge in [0.2, 0.25) is 6.23 Å². The van der Waals surface area contributed by atoms with Crippen LogP contribution in [-0.4, -0.2) is 39.2 Å². The zero-order chi connectivity index (χ0) is 22.9. The molecule has 170 valence electrons. The molecule has 0 unspecified atom stereocenters. The minimum atomic E-state index is -0.401. The number of ether oxygens (including phenoxy) is 5. The predicted molar refractivity (Wildman–Crippen MR) is 125 cm³/mol. The molecule has 3 aromatic rings. The third-order valence-electron chi connectivity index (χ3n) is 6.12. The van der Waals surface area contributed by atoms with Crippen molar-refractivity contribution in [1.82, 2.24) is 5.01 Å². The summed E-state index contributed by atoms with van der Waals surface area (Å²) in [4.78, 5) is 0. The summed E-state index contributed by atoms with van der Waals surface area (Å²) in [6.07, 6.45) is 0.327. The van der Waals surface area contributed by atoms with E-state index >= 15 is 0 Å². The average Bonchev–Trinajstić information content (AvgIpc) is 3.33. The standard InChI is InChI=1S/C26H26N2O5/c1-29-18-11-8-16(9-12-18)26-28-21(19-6-5-7-23(31-3)25(19)33-26)15-20(27-28)17-10-13-22(30-2)24(14-17)32-4/h5-14,21,26H,15H2,1-4H3/t21-,26-/m0/s1. The Morgan fingerprint density at radius 1 is 0.818 bits per heavy atom. The molecule has 0 fully saturated rings. The number of methoxy groups -OCH3 is 4. The largest absolute Gasteiger partial charge is 0.497 e. The van der Waals surface area contributed by atoms with Crippen LogP contribution in [0.1, 0.15) is 35.4 Å². The number of hydrogen-bond donors (Lipinski definition) is 0. The molecule has 0 N–H and O–H groups in total. The van der Waals surface area contributed by atoms with Crippen molar-refractivity contribution < 1.29 is 23.7 Å². The lowest BCUT2D eigenvalue weighted by Gasteiger charge is -2.38. The molecule has 0 aromatic heterocycles. The quantitative estimate of drug-likeness (QED) is 0.533. The summed E-state index contributed by atoms with van der Waals surface area (Å²) in [6.45, 7) is 0. The summed E-state index contributed by atoms with van der Waals surface area (Å²) in [6, 6.07) is 19.7. The van der Waals surface area contributed by atoms with Crippen LogP contribution in [0.15, 0.2) is 65.8 Å². The Labute approximate surface area is 193 Å². The van der Waals surface area contributed by atoms with Gasteiger partial charge in [0.25, 0.3) is 0 Å². The van der Waals surface area contributed by atoms with Crippen LogP contribution in [0.3, 0.4) is 0 Å². The Bertz CT molecular complexity index is 1190. The van der Waals surface area contributed by atoms with Gasteiger partial charge >= 0.3 is 0 Å². The Morgan fingerprint density at radius 3 is 2.27 bits per heavy atom. The first-order chi connectivity index (χ1) is 16.2. The van der Waals surface area contributed by atoms with Crippen molar-refractivity contribution in [3.8, 4) is 28.7 Å². The van der Waals surface area contributed by atoms with Gasteiger partial charge in [-0.25, -0.2) is 5.01 Å². The van der Waals surface area contributed by atoms with Gasteiger partial charge in [0.15, 0.2) is 23.0 Å². The minimum Gasteiger partial charge on any atom is -0.497 e. The molecule has 7 heteroatoms. The highest BCUT2D eigenvalue weighted by Gasteiger charge is 2.42. The van der Waals surface area contributed by atoms with Crippen molar-refractivity contribution in [2.45, 2.75) is 18.7 Å². The fourth-order valence-electron chi connectivity index (χ4n) is 4.42. The van der Waals surface area contributed by atoms with E-state index in [2.05, 4.69) is 6.07 Å². The summed E-state index contributed by atoms with van der Waals surface area (Å²) >= 11 is 0. The Kier molecular flexibility index (Phi) is 5.46. The summed E-state index contributed by atoms with van der Waals surface area (Å²) in [5, 5.41) is 7.06. The highest BCUT2D eigenvalue weighted by atomic mass is 16.5. The molecule has 3 aromatic carbocycles. The van der Waals surface area contributed by atoms with Gasteiger partial charge in [-0.1, -0.05) is 12.1 Å². The summed E-state index contributed by atoms with van der Waals surface area (Å²) < 4.78 is 28.3.